The number of nitrogens with two attached hydrogens (primary N) is 1. The molecule has 1 amide bonds. The number of amides is 1. The number of anilines is 1. The van der Waals surface area contributed by atoms with Gasteiger partial charge < -0.3 is 21.3 Å². The van der Waals surface area contributed by atoms with Crippen LogP contribution in [0.4, 0.5) is 18.9 Å². The number of aryl methyl sites for hydroxylation is 1. The van der Waals surface area contributed by atoms with Crippen molar-refractivity contribution in [1.82, 2.24) is 14.7 Å². The Morgan fingerprint density at radius 2 is 1.89 bits per heavy atom. The molecule has 1 atom stereocenters. The summed E-state index contributed by atoms with van der Waals surface area (Å²) in [4.78, 5) is 16.9. The summed E-state index contributed by atoms with van der Waals surface area (Å²) in [6.45, 7) is 9.09. The SMILES string of the molecule is CCN(Cc1ccc(NC=O)cc1C(F)(F)F)C1CCCN(C)C1.[CH2-]N1CCc2ccc(C)cc2C1.[NH2-].[W+2]. The van der Waals surface area contributed by atoms with Gasteiger partial charge in [-0.05, 0) is 88.2 Å². The monoisotopic (exact) mass is 703 g/mol. The number of nitrogens with zero attached hydrogens (tertiary/aromatic N) is 3. The van der Waals surface area contributed by atoms with Gasteiger partial charge in [-0.1, -0.05) is 36.8 Å². The number of nitrogens with one attached hydrogen (secondary N) is 1. The number of halogens is 3. The van der Waals surface area contributed by atoms with Crippen molar-refractivity contribution >= 4 is 12.1 Å². The maximum absolute atomic E-state index is 13.4. The van der Waals surface area contributed by atoms with Crippen LogP contribution < -0.4 is 5.32 Å². The summed E-state index contributed by atoms with van der Waals surface area (Å²) in [6, 6.07) is 11.0. The van der Waals surface area contributed by atoms with Crippen LogP contribution >= 0.6 is 0 Å². The van der Waals surface area contributed by atoms with Crippen LogP contribution in [0.3, 0.4) is 0 Å². The first-order valence-electron chi connectivity index (χ1n) is 12.6. The topological polar surface area (TPSA) is 72.3 Å². The quantitative estimate of drug-likeness (QED) is 0.294. The van der Waals surface area contributed by atoms with Crippen LogP contribution in [0.1, 0.15) is 47.6 Å². The molecule has 0 radical (unpaired) electrons. The van der Waals surface area contributed by atoms with E-state index in [1.54, 1.807) is 0 Å². The maximum atomic E-state index is 13.4. The third-order valence-corrected chi connectivity index (χ3v) is 6.99. The van der Waals surface area contributed by atoms with Gasteiger partial charge in [-0.2, -0.15) is 13.2 Å². The molecule has 1 saturated heterocycles. The molecule has 1 unspecified atom stereocenters. The van der Waals surface area contributed by atoms with Crippen molar-refractivity contribution in [3.63, 3.8) is 0 Å². The van der Waals surface area contributed by atoms with E-state index in [1.165, 1.54) is 28.8 Å². The van der Waals surface area contributed by atoms with Gasteiger partial charge in [-0.25, -0.2) is 0 Å². The van der Waals surface area contributed by atoms with E-state index in [0.717, 1.165) is 51.5 Å². The molecule has 2 aliphatic heterocycles. The van der Waals surface area contributed by atoms with Gasteiger partial charge in [0.25, 0.3) is 0 Å². The zero-order valence-electron chi connectivity index (χ0n) is 22.6. The summed E-state index contributed by atoms with van der Waals surface area (Å²) in [7, 11) is 6.00. The molecule has 38 heavy (non-hydrogen) atoms. The van der Waals surface area contributed by atoms with E-state index in [0.29, 0.717) is 13.0 Å². The second-order valence-electron chi connectivity index (χ2n) is 9.83. The maximum Gasteiger partial charge on any atom is 2.00 e. The van der Waals surface area contributed by atoms with Gasteiger partial charge in [0.2, 0.25) is 6.41 Å². The zero-order valence-corrected chi connectivity index (χ0v) is 25.5. The van der Waals surface area contributed by atoms with Crippen LogP contribution in [0.5, 0.6) is 0 Å². The van der Waals surface area contributed by atoms with Gasteiger partial charge in [0.05, 0.1) is 5.56 Å². The predicted molar refractivity (Wildman–Crippen MR) is 144 cm³/mol. The molecule has 0 spiro atoms. The molecule has 2 aromatic carbocycles. The first-order chi connectivity index (χ1) is 17.1. The number of likely N-dealkylation sites (tertiary alicyclic amines) is 1. The number of likely N-dealkylation sites (N-methyl/N-ethyl adjacent to an activating group) is 2. The van der Waals surface area contributed by atoms with Crippen LogP contribution in [0.25, 0.3) is 6.15 Å². The molecular formula is C28H40F3N5OW. The number of carbonyl (C=O) groups is 1. The molecular weight excluding hydrogens is 663 g/mol. The minimum atomic E-state index is -4.45. The number of carbonyl (C=O) groups excluding carboxylic acids is 1. The molecule has 0 aromatic heterocycles. The smallest absolute Gasteiger partial charge is 0.693 e. The number of hydrogen-bond donors (Lipinski definition) is 1. The molecule has 10 heteroatoms. The second kappa shape index (κ2) is 15.7. The number of hydrogen-bond acceptors (Lipinski definition) is 4. The van der Waals surface area contributed by atoms with Gasteiger partial charge in [-0.15, -0.1) is 0 Å². The molecule has 2 aliphatic rings. The molecule has 0 aliphatic carbocycles. The molecule has 3 N–H and O–H groups in total. The molecule has 0 bridgehead atoms. The molecule has 2 heterocycles. The van der Waals surface area contributed by atoms with Crippen molar-refractivity contribution in [2.45, 2.75) is 58.4 Å². The fraction of sp³-hybridized carbons (Fsp3) is 0.500. The van der Waals surface area contributed by atoms with Crippen molar-refractivity contribution in [3.05, 3.63) is 77.4 Å². The van der Waals surface area contributed by atoms with Gasteiger partial charge in [0.1, 0.15) is 0 Å². The zero-order chi connectivity index (χ0) is 26.3. The van der Waals surface area contributed by atoms with E-state index < -0.39 is 11.7 Å². The summed E-state index contributed by atoms with van der Waals surface area (Å²) in [6.07, 6.45) is -0.848. The summed E-state index contributed by atoms with van der Waals surface area (Å²) in [5.74, 6) is 0. The summed E-state index contributed by atoms with van der Waals surface area (Å²) in [5.41, 5.74) is 4.02. The summed E-state index contributed by atoms with van der Waals surface area (Å²) >= 11 is 0. The van der Waals surface area contributed by atoms with Crippen molar-refractivity contribution in [1.29, 1.82) is 0 Å². The van der Waals surface area contributed by atoms with Crippen LogP contribution in [-0.4, -0.2) is 60.4 Å². The first kappa shape index (κ1) is 34.3. The predicted octanol–water partition coefficient (Wildman–Crippen LogP) is 6.05. The van der Waals surface area contributed by atoms with Crippen molar-refractivity contribution in [3.8, 4) is 0 Å². The number of alkyl halides is 3. The largest absolute Gasteiger partial charge is 2.00 e. The van der Waals surface area contributed by atoms with Crippen LogP contribution in [-0.2, 0) is 51.5 Å². The van der Waals surface area contributed by atoms with Gasteiger partial charge in [0, 0.05) is 24.8 Å². The number of fused-ring (bicyclic) bond motifs is 1. The van der Waals surface area contributed by atoms with Crippen LogP contribution in [0.2, 0.25) is 0 Å². The molecule has 4 rings (SSSR count). The molecule has 210 valence electrons. The van der Waals surface area contributed by atoms with E-state index in [9.17, 15) is 18.0 Å². The Balaban J connectivity index is 0.000000434. The standard InChI is InChI=1S/C17H24F3N3O.C11H14N.H2N.W/c1-3-23(15-5-4-8-22(2)11-15)10-13-6-7-14(21-12-24)9-16(13)17(18,19)20;1-9-3-4-10-5-6-12(2)8-11(10)7-9;;/h6-7,9,12,15H,3-5,8,10-11H2,1-2H3,(H,21,24);3-4,7H,2,5-6,8H2,1H3;1H2;/q;2*-1;+2. The van der Waals surface area contributed by atoms with E-state index >= 15 is 0 Å². The molecule has 0 saturated carbocycles. The second-order valence-corrected chi connectivity index (χ2v) is 9.83. The molecule has 1 fully saturated rings. The van der Waals surface area contributed by atoms with E-state index in [4.69, 9.17) is 0 Å². The summed E-state index contributed by atoms with van der Waals surface area (Å²) in [5, 5.41) is 2.28. The van der Waals surface area contributed by atoms with Gasteiger partial charge in [-0.3, -0.25) is 16.7 Å². The fourth-order valence-electron chi connectivity index (χ4n) is 5.04. The average Bonchev–Trinajstić information content (AvgIpc) is 2.83. The number of benzene rings is 2. The Labute approximate surface area is 239 Å². The molecule has 2 aromatic rings. The molecule has 6 nitrogen and oxygen atoms in total. The average molecular weight is 703 g/mol. The Hall–Kier alpha value is -1.77. The minimum Gasteiger partial charge on any atom is -0.693 e. The van der Waals surface area contributed by atoms with Crippen LogP contribution in [0.15, 0.2) is 36.4 Å². The first-order valence-corrected chi connectivity index (χ1v) is 12.6. The fourth-order valence-corrected chi connectivity index (χ4v) is 5.04. The number of rotatable bonds is 6. The van der Waals surface area contributed by atoms with Crippen LogP contribution in [0, 0.1) is 14.0 Å². The van der Waals surface area contributed by atoms with E-state index in [-0.39, 0.29) is 51.1 Å². The van der Waals surface area contributed by atoms with E-state index in [2.05, 4.69) is 52.2 Å². The Morgan fingerprint density at radius 3 is 2.53 bits per heavy atom. The third-order valence-electron chi connectivity index (χ3n) is 6.99. The van der Waals surface area contributed by atoms with Gasteiger partial charge >= 0.3 is 27.2 Å². The normalized spacial score (nSPS) is 17.8. The van der Waals surface area contributed by atoms with Crippen molar-refractivity contribution in [2.75, 3.05) is 38.5 Å². The van der Waals surface area contributed by atoms with Gasteiger partial charge in [0.15, 0.2) is 0 Å². The minimum absolute atomic E-state index is 0. The van der Waals surface area contributed by atoms with Crippen molar-refractivity contribution < 1.29 is 39.0 Å². The van der Waals surface area contributed by atoms with Crippen molar-refractivity contribution in [2.24, 2.45) is 0 Å². The Kier molecular flexibility index (Phi) is 14.2. The van der Waals surface area contributed by atoms with E-state index in [1.807, 2.05) is 14.0 Å². The number of piperidine rings is 1. The third kappa shape index (κ3) is 9.76. The summed E-state index contributed by atoms with van der Waals surface area (Å²) < 4.78 is 40.2. The Bertz CT molecular complexity index is 1020. The Morgan fingerprint density at radius 1 is 1.16 bits per heavy atom.